The van der Waals surface area contributed by atoms with Crippen molar-refractivity contribution in [1.82, 2.24) is 14.5 Å². The van der Waals surface area contributed by atoms with Crippen LogP contribution in [0.2, 0.25) is 0 Å². The van der Waals surface area contributed by atoms with Crippen molar-refractivity contribution in [2.24, 2.45) is 0 Å². The molecule has 1 aromatic carbocycles. The van der Waals surface area contributed by atoms with Crippen LogP contribution in [0, 0.1) is 13.8 Å². The van der Waals surface area contributed by atoms with Crippen molar-refractivity contribution in [3.63, 3.8) is 0 Å². The Bertz CT molecular complexity index is 855. The summed E-state index contributed by atoms with van der Waals surface area (Å²) in [6.07, 6.45) is 0.565. The first-order valence-electron chi connectivity index (χ1n) is 8.82. The van der Waals surface area contributed by atoms with E-state index in [9.17, 15) is 18.0 Å². The molecule has 1 spiro atoms. The highest BCUT2D eigenvalue weighted by molar-refractivity contribution is 7.89. The normalized spacial score (nSPS) is 20.9. The molecule has 7 nitrogen and oxygen atoms in total. The second-order valence-electron chi connectivity index (χ2n) is 7.43. The van der Waals surface area contributed by atoms with Gasteiger partial charge in [0.2, 0.25) is 10.0 Å². The van der Waals surface area contributed by atoms with E-state index in [0.717, 1.165) is 11.1 Å². The molecule has 142 valence electrons. The number of piperidine rings is 1. The molecule has 2 heterocycles. The lowest BCUT2D eigenvalue weighted by Gasteiger charge is -2.36. The number of nitrogens with zero attached hydrogens (tertiary/aromatic N) is 2. The van der Waals surface area contributed by atoms with Gasteiger partial charge in [0.15, 0.2) is 0 Å². The molecule has 2 saturated heterocycles. The molecule has 26 heavy (non-hydrogen) atoms. The largest absolute Gasteiger partial charge is 0.325 e. The number of carbonyl (C=O) groups is 2. The molecule has 8 heteroatoms. The Balaban J connectivity index is 1.79. The van der Waals surface area contributed by atoms with Crippen molar-refractivity contribution < 1.29 is 18.0 Å². The number of amides is 3. The summed E-state index contributed by atoms with van der Waals surface area (Å²) < 4.78 is 27.2. The number of urea groups is 1. The monoisotopic (exact) mass is 379 g/mol. The summed E-state index contributed by atoms with van der Waals surface area (Å²) in [6.45, 7) is 7.80. The maximum Gasteiger partial charge on any atom is 0.325 e. The van der Waals surface area contributed by atoms with Crippen molar-refractivity contribution >= 4 is 22.0 Å². The van der Waals surface area contributed by atoms with Gasteiger partial charge in [-0.15, -0.1) is 0 Å². The number of carbonyl (C=O) groups excluding carboxylic acids is 2. The van der Waals surface area contributed by atoms with Crippen LogP contribution in [0.5, 0.6) is 0 Å². The van der Waals surface area contributed by atoms with Gasteiger partial charge >= 0.3 is 6.03 Å². The first-order chi connectivity index (χ1) is 12.1. The van der Waals surface area contributed by atoms with Gasteiger partial charge in [-0.05, 0) is 63.8 Å². The zero-order chi connectivity index (χ0) is 19.3. The second kappa shape index (κ2) is 6.35. The first kappa shape index (κ1) is 18.8. The fourth-order valence-corrected chi connectivity index (χ4v) is 5.11. The molecule has 2 fully saturated rings. The Kier molecular flexibility index (Phi) is 4.60. The predicted molar refractivity (Wildman–Crippen MR) is 97.2 cm³/mol. The molecule has 0 saturated carbocycles. The summed E-state index contributed by atoms with van der Waals surface area (Å²) in [6, 6.07) is 4.48. The second-order valence-corrected chi connectivity index (χ2v) is 9.37. The third-order valence-electron chi connectivity index (χ3n) is 5.40. The fourth-order valence-electron chi connectivity index (χ4n) is 3.58. The molecule has 0 bridgehead atoms. The Labute approximate surface area is 154 Å². The molecule has 1 N–H and O–H groups in total. The van der Waals surface area contributed by atoms with Gasteiger partial charge in [-0.2, -0.15) is 4.31 Å². The maximum atomic E-state index is 12.9. The molecule has 0 atom stereocenters. The Morgan fingerprint density at radius 2 is 1.69 bits per heavy atom. The fraction of sp³-hybridized carbons (Fsp3) is 0.556. The molecule has 3 rings (SSSR count). The van der Waals surface area contributed by atoms with E-state index >= 15 is 0 Å². The number of benzene rings is 1. The molecule has 0 radical (unpaired) electrons. The standard InChI is InChI=1S/C18H25N3O4S/c1-12(2)21-16(22)18(19-17(21)23)7-9-20(10-8-18)26(24,25)15-6-5-13(3)14(4)11-15/h5-6,11-12H,7-10H2,1-4H3,(H,19,23). The highest BCUT2D eigenvalue weighted by atomic mass is 32.2. The minimum Gasteiger partial charge on any atom is -0.323 e. The van der Waals surface area contributed by atoms with Crippen molar-refractivity contribution in [3.05, 3.63) is 29.3 Å². The van der Waals surface area contributed by atoms with E-state index in [1.54, 1.807) is 32.0 Å². The molecular weight excluding hydrogens is 354 g/mol. The lowest BCUT2D eigenvalue weighted by molar-refractivity contribution is -0.133. The number of hydrogen-bond acceptors (Lipinski definition) is 4. The molecule has 2 aliphatic heterocycles. The van der Waals surface area contributed by atoms with Gasteiger partial charge in [-0.3, -0.25) is 9.69 Å². The molecule has 0 unspecified atom stereocenters. The van der Waals surface area contributed by atoms with Crippen LogP contribution in [0.4, 0.5) is 4.79 Å². The summed E-state index contributed by atoms with van der Waals surface area (Å²) in [4.78, 5) is 26.3. The lowest BCUT2D eigenvalue weighted by Crippen LogP contribution is -2.56. The molecule has 3 amide bonds. The number of sulfonamides is 1. The molecule has 1 aromatic rings. The summed E-state index contributed by atoms with van der Waals surface area (Å²) >= 11 is 0. The van der Waals surface area contributed by atoms with E-state index in [1.807, 2.05) is 13.8 Å². The average molecular weight is 379 g/mol. The zero-order valence-corrected chi connectivity index (χ0v) is 16.4. The SMILES string of the molecule is Cc1ccc(S(=O)(=O)N2CCC3(CC2)NC(=O)N(C(C)C)C3=O)cc1C. The number of imide groups is 1. The minimum absolute atomic E-state index is 0.202. The van der Waals surface area contributed by atoms with Crippen molar-refractivity contribution in [2.75, 3.05) is 13.1 Å². The van der Waals surface area contributed by atoms with Gasteiger partial charge in [0.25, 0.3) is 5.91 Å². The third kappa shape index (κ3) is 2.91. The minimum atomic E-state index is -3.61. The molecular formula is C18H25N3O4S. The maximum absolute atomic E-state index is 12.9. The highest BCUT2D eigenvalue weighted by Crippen LogP contribution is 2.32. The molecule has 2 aliphatic rings. The number of hydrogen-bond donors (Lipinski definition) is 1. The van der Waals surface area contributed by atoms with Crippen LogP contribution in [0.25, 0.3) is 0 Å². The summed E-state index contributed by atoms with van der Waals surface area (Å²) in [5, 5.41) is 2.79. The van der Waals surface area contributed by atoms with E-state index in [2.05, 4.69) is 5.32 Å². The Morgan fingerprint density at radius 1 is 1.08 bits per heavy atom. The number of aryl methyl sites for hydroxylation is 2. The lowest BCUT2D eigenvalue weighted by atomic mass is 9.88. The van der Waals surface area contributed by atoms with Gasteiger partial charge < -0.3 is 5.32 Å². The smallest absolute Gasteiger partial charge is 0.323 e. The van der Waals surface area contributed by atoms with Crippen LogP contribution >= 0.6 is 0 Å². The Morgan fingerprint density at radius 3 is 2.19 bits per heavy atom. The quantitative estimate of drug-likeness (QED) is 0.811. The van der Waals surface area contributed by atoms with E-state index < -0.39 is 21.6 Å². The van der Waals surface area contributed by atoms with Crippen molar-refractivity contribution in [2.45, 2.75) is 57.0 Å². The van der Waals surface area contributed by atoms with Crippen LogP contribution in [0.15, 0.2) is 23.1 Å². The van der Waals surface area contributed by atoms with E-state index in [-0.39, 0.29) is 42.8 Å². The third-order valence-corrected chi connectivity index (χ3v) is 7.30. The van der Waals surface area contributed by atoms with Gasteiger partial charge in [0, 0.05) is 19.1 Å². The first-order valence-corrected chi connectivity index (χ1v) is 10.3. The predicted octanol–water partition coefficient (Wildman–Crippen LogP) is 1.79. The van der Waals surface area contributed by atoms with Crippen LogP contribution in [0.3, 0.4) is 0 Å². The van der Waals surface area contributed by atoms with E-state index in [0.29, 0.717) is 0 Å². The zero-order valence-electron chi connectivity index (χ0n) is 15.6. The van der Waals surface area contributed by atoms with Crippen LogP contribution < -0.4 is 5.32 Å². The van der Waals surface area contributed by atoms with Gasteiger partial charge in [0.05, 0.1) is 4.90 Å². The molecule has 0 aromatic heterocycles. The van der Waals surface area contributed by atoms with E-state index in [4.69, 9.17) is 0 Å². The summed E-state index contributed by atoms with van der Waals surface area (Å²) in [5.41, 5.74) is 0.983. The summed E-state index contributed by atoms with van der Waals surface area (Å²) in [7, 11) is -3.61. The van der Waals surface area contributed by atoms with Gasteiger partial charge in [-0.1, -0.05) is 6.07 Å². The molecule has 0 aliphatic carbocycles. The van der Waals surface area contributed by atoms with Gasteiger partial charge in [-0.25, -0.2) is 13.2 Å². The van der Waals surface area contributed by atoms with Crippen LogP contribution in [-0.4, -0.2) is 54.2 Å². The van der Waals surface area contributed by atoms with Crippen LogP contribution in [0.1, 0.15) is 37.8 Å². The van der Waals surface area contributed by atoms with Crippen molar-refractivity contribution in [3.8, 4) is 0 Å². The number of rotatable bonds is 3. The van der Waals surface area contributed by atoms with E-state index in [1.165, 1.54) is 9.21 Å². The van der Waals surface area contributed by atoms with Crippen LogP contribution in [-0.2, 0) is 14.8 Å². The van der Waals surface area contributed by atoms with Crippen molar-refractivity contribution in [1.29, 1.82) is 0 Å². The summed E-state index contributed by atoms with van der Waals surface area (Å²) in [5.74, 6) is -0.249. The average Bonchev–Trinajstić information content (AvgIpc) is 2.80. The highest BCUT2D eigenvalue weighted by Gasteiger charge is 2.53. The Hall–Kier alpha value is -1.93. The number of nitrogens with one attached hydrogen (secondary N) is 1. The topological polar surface area (TPSA) is 86.8 Å². The van der Waals surface area contributed by atoms with Gasteiger partial charge in [0.1, 0.15) is 5.54 Å².